The predicted octanol–water partition coefficient (Wildman–Crippen LogP) is 4.89. The van der Waals surface area contributed by atoms with Gasteiger partial charge in [0.15, 0.2) is 0 Å². The van der Waals surface area contributed by atoms with Crippen molar-refractivity contribution in [1.82, 2.24) is 0 Å². The second kappa shape index (κ2) is 5.45. The summed E-state index contributed by atoms with van der Waals surface area (Å²) < 4.78 is 5.16. The number of benzene rings is 2. The Morgan fingerprint density at radius 3 is 2.28 bits per heavy atom. The van der Waals surface area contributed by atoms with Crippen molar-refractivity contribution in [2.75, 3.05) is 7.11 Å². The predicted molar refractivity (Wildman–Crippen MR) is 77.6 cm³/mol. The van der Waals surface area contributed by atoms with Crippen LogP contribution in [0.15, 0.2) is 36.4 Å². The summed E-state index contributed by atoms with van der Waals surface area (Å²) in [6.45, 7) is 4.32. The first-order valence-corrected chi connectivity index (χ1v) is 6.47. The van der Waals surface area contributed by atoms with E-state index < -0.39 is 0 Å². The van der Waals surface area contributed by atoms with Crippen molar-refractivity contribution in [2.45, 2.75) is 20.3 Å². The molecule has 0 atom stereocenters. The molecule has 2 rings (SSSR count). The molecule has 0 aliphatic heterocycles. The Morgan fingerprint density at radius 2 is 1.72 bits per heavy atom. The maximum absolute atomic E-state index is 6.15. The molecule has 1 nitrogen and oxygen atoms in total. The zero-order chi connectivity index (χ0) is 13.1. The van der Waals surface area contributed by atoms with Crippen LogP contribution in [0.5, 0.6) is 5.75 Å². The smallest absolute Gasteiger partial charge is 0.137 e. The first-order valence-electron chi connectivity index (χ1n) is 6.09. The standard InChI is InChI=1S/C16H17ClO/c1-4-12-5-6-13(9-11(12)2)14-7-8-16(18-3)15(17)10-14/h5-10H,4H2,1-3H3. The van der Waals surface area contributed by atoms with Crippen LogP contribution in [-0.4, -0.2) is 7.11 Å². The van der Waals surface area contributed by atoms with Crippen molar-refractivity contribution < 1.29 is 4.74 Å². The van der Waals surface area contributed by atoms with Crippen LogP contribution in [0.4, 0.5) is 0 Å². The Bertz CT molecular complexity index is 510. The molecule has 2 aromatic rings. The zero-order valence-electron chi connectivity index (χ0n) is 11.0. The molecule has 0 bridgehead atoms. The summed E-state index contributed by atoms with van der Waals surface area (Å²) in [5.41, 5.74) is 5.01. The van der Waals surface area contributed by atoms with Crippen LogP contribution in [-0.2, 0) is 6.42 Å². The highest BCUT2D eigenvalue weighted by Crippen LogP contribution is 2.30. The van der Waals surface area contributed by atoms with Crippen LogP contribution in [0.25, 0.3) is 11.1 Å². The van der Waals surface area contributed by atoms with Crippen LogP contribution in [0.3, 0.4) is 0 Å². The average molecular weight is 261 g/mol. The molecule has 2 heteroatoms. The van der Waals surface area contributed by atoms with Crippen molar-refractivity contribution in [2.24, 2.45) is 0 Å². The highest BCUT2D eigenvalue weighted by Gasteiger charge is 2.05. The van der Waals surface area contributed by atoms with E-state index in [1.807, 2.05) is 18.2 Å². The van der Waals surface area contributed by atoms with E-state index in [-0.39, 0.29) is 0 Å². The first-order chi connectivity index (χ1) is 8.65. The number of hydrogen-bond donors (Lipinski definition) is 0. The lowest BCUT2D eigenvalue weighted by Gasteiger charge is -2.09. The summed E-state index contributed by atoms with van der Waals surface area (Å²) >= 11 is 6.15. The molecule has 0 radical (unpaired) electrons. The van der Waals surface area contributed by atoms with E-state index >= 15 is 0 Å². The molecule has 0 aliphatic carbocycles. The number of aryl methyl sites for hydroxylation is 2. The Hall–Kier alpha value is -1.47. The lowest BCUT2D eigenvalue weighted by molar-refractivity contribution is 0.415. The van der Waals surface area contributed by atoms with Gasteiger partial charge in [-0.05, 0) is 47.7 Å². The van der Waals surface area contributed by atoms with Gasteiger partial charge in [0, 0.05) is 0 Å². The van der Waals surface area contributed by atoms with E-state index in [1.165, 1.54) is 16.7 Å². The molecule has 0 unspecified atom stereocenters. The van der Waals surface area contributed by atoms with Gasteiger partial charge in [0.25, 0.3) is 0 Å². The van der Waals surface area contributed by atoms with Crippen LogP contribution in [0.2, 0.25) is 5.02 Å². The van der Waals surface area contributed by atoms with Gasteiger partial charge < -0.3 is 4.74 Å². The third-order valence-electron chi connectivity index (χ3n) is 3.21. The summed E-state index contributed by atoms with van der Waals surface area (Å²) in [4.78, 5) is 0. The molecule has 0 saturated carbocycles. The SMILES string of the molecule is CCc1ccc(-c2ccc(OC)c(Cl)c2)cc1C. The highest BCUT2D eigenvalue weighted by atomic mass is 35.5. The fourth-order valence-corrected chi connectivity index (χ4v) is 2.38. The van der Waals surface area contributed by atoms with Crippen molar-refractivity contribution in [3.8, 4) is 16.9 Å². The maximum atomic E-state index is 6.15. The second-order valence-corrected chi connectivity index (χ2v) is 4.75. The molecule has 2 aromatic carbocycles. The minimum absolute atomic E-state index is 0.646. The second-order valence-electron chi connectivity index (χ2n) is 4.34. The van der Waals surface area contributed by atoms with Crippen molar-refractivity contribution in [3.63, 3.8) is 0 Å². The summed E-state index contributed by atoms with van der Waals surface area (Å²) in [6, 6.07) is 12.4. The van der Waals surface area contributed by atoms with Gasteiger partial charge in [-0.1, -0.05) is 42.8 Å². The highest BCUT2D eigenvalue weighted by molar-refractivity contribution is 6.32. The summed E-state index contributed by atoms with van der Waals surface area (Å²) in [7, 11) is 1.63. The molecule has 0 amide bonds. The minimum Gasteiger partial charge on any atom is -0.495 e. The molecule has 0 fully saturated rings. The van der Waals surface area contributed by atoms with E-state index in [9.17, 15) is 0 Å². The molecular formula is C16H17ClO. The first kappa shape index (κ1) is 13.0. The van der Waals surface area contributed by atoms with Gasteiger partial charge >= 0.3 is 0 Å². The summed E-state index contributed by atoms with van der Waals surface area (Å²) in [6.07, 6.45) is 1.06. The monoisotopic (exact) mass is 260 g/mol. The van der Waals surface area contributed by atoms with E-state index in [4.69, 9.17) is 16.3 Å². The number of rotatable bonds is 3. The van der Waals surface area contributed by atoms with Crippen LogP contribution in [0.1, 0.15) is 18.1 Å². The van der Waals surface area contributed by atoms with Gasteiger partial charge in [0.05, 0.1) is 12.1 Å². The van der Waals surface area contributed by atoms with Gasteiger partial charge in [0.1, 0.15) is 5.75 Å². The average Bonchev–Trinajstić information content (AvgIpc) is 2.38. The van der Waals surface area contributed by atoms with E-state index in [2.05, 4.69) is 32.0 Å². The molecule has 18 heavy (non-hydrogen) atoms. The summed E-state index contributed by atoms with van der Waals surface area (Å²) in [5.74, 6) is 0.710. The Kier molecular flexibility index (Phi) is 3.93. The topological polar surface area (TPSA) is 9.23 Å². The lowest BCUT2D eigenvalue weighted by atomic mass is 9.99. The minimum atomic E-state index is 0.646. The third kappa shape index (κ3) is 2.51. The van der Waals surface area contributed by atoms with Gasteiger partial charge in [-0.15, -0.1) is 0 Å². The number of halogens is 1. The lowest BCUT2D eigenvalue weighted by Crippen LogP contribution is -1.88. The van der Waals surface area contributed by atoms with Gasteiger partial charge in [-0.2, -0.15) is 0 Å². The maximum Gasteiger partial charge on any atom is 0.137 e. The van der Waals surface area contributed by atoms with Crippen LogP contribution in [0, 0.1) is 6.92 Å². The van der Waals surface area contributed by atoms with Crippen molar-refractivity contribution in [1.29, 1.82) is 0 Å². The molecular weight excluding hydrogens is 244 g/mol. The van der Waals surface area contributed by atoms with Gasteiger partial charge in [0.2, 0.25) is 0 Å². The normalized spacial score (nSPS) is 10.4. The zero-order valence-corrected chi connectivity index (χ0v) is 11.7. The summed E-state index contributed by atoms with van der Waals surface area (Å²) in [5, 5.41) is 0.646. The third-order valence-corrected chi connectivity index (χ3v) is 3.50. The van der Waals surface area contributed by atoms with E-state index in [0.717, 1.165) is 12.0 Å². The molecule has 0 saturated heterocycles. The molecule has 0 spiro atoms. The molecule has 0 N–H and O–H groups in total. The molecule has 0 aliphatic rings. The van der Waals surface area contributed by atoms with Gasteiger partial charge in [-0.3, -0.25) is 0 Å². The number of methoxy groups -OCH3 is 1. The van der Waals surface area contributed by atoms with Crippen molar-refractivity contribution in [3.05, 3.63) is 52.5 Å². The fourth-order valence-electron chi connectivity index (χ4n) is 2.12. The van der Waals surface area contributed by atoms with Crippen LogP contribution >= 0.6 is 11.6 Å². The Balaban J connectivity index is 2.42. The van der Waals surface area contributed by atoms with Crippen LogP contribution < -0.4 is 4.74 Å². The fraction of sp³-hybridized carbons (Fsp3) is 0.250. The van der Waals surface area contributed by atoms with E-state index in [0.29, 0.717) is 10.8 Å². The molecule has 0 heterocycles. The van der Waals surface area contributed by atoms with Gasteiger partial charge in [-0.25, -0.2) is 0 Å². The Morgan fingerprint density at radius 1 is 1.06 bits per heavy atom. The number of hydrogen-bond acceptors (Lipinski definition) is 1. The largest absolute Gasteiger partial charge is 0.495 e. The number of ether oxygens (including phenoxy) is 1. The quantitative estimate of drug-likeness (QED) is 0.764. The molecule has 94 valence electrons. The Labute approximate surface area is 113 Å². The molecule has 0 aromatic heterocycles. The van der Waals surface area contributed by atoms with Crippen molar-refractivity contribution >= 4 is 11.6 Å². The van der Waals surface area contributed by atoms with E-state index in [1.54, 1.807) is 7.11 Å².